The van der Waals surface area contributed by atoms with E-state index in [-0.39, 0.29) is 6.61 Å². The SMILES string of the molecule is CC(=CC(=O)O)COc1ccc(Cc2ccccc2)cc1. The average Bonchev–Trinajstić information content (AvgIpc) is 2.47. The number of hydrogen-bond donors (Lipinski definition) is 1. The minimum atomic E-state index is -0.950. The first-order valence-electron chi connectivity index (χ1n) is 6.79. The average molecular weight is 282 g/mol. The van der Waals surface area contributed by atoms with Crippen molar-refractivity contribution in [3.63, 3.8) is 0 Å². The van der Waals surface area contributed by atoms with Crippen LogP contribution in [0.2, 0.25) is 0 Å². The maximum Gasteiger partial charge on any atom is 0.328 e. The molecule has 0 spiro atoms. The van der Waals surface area contributed by atoms with Crippen molar-refractivity contribution in [2.45, 2.75) is 13.3 Å². The second-order valence-electron chi connectivity index (χ2n) is 4.92. The summed E-state index contributed by atoms with van der Waals surface area (Å²) >= 11 is 0. The molecule has 3 heteroatoms. The maximum absolute atomic E-state index is 10.5. The Kier molecular flexibility index (Phi) is 5.16. The van der Waals surface area contributed by atoms with Crippen LogP contribution in [0.15, 0.2) is 66.2 Å². The molecule has 0 amide bonds. The highest BCUT2D eigenvalue weighted by Crippen LogP contribution is 2.15. The molecule has 0 bridgehead atoms. The van der Waals surface area contributed by atoms with Crippen LogP contribution in [-0.4, -0.2) is 17.7 Å². The van der Waals surface area contributed by atoms with Crippen molar-refractivity contribution in [2.75, 3.05) is 6.61 Å². The first-order chi connectivity index (χ1) is 10.1. The highest BCUT2D eigenvalue weighted by molar-refractivity contribution is 5.80. The van der Waals surface area contributed by atoms with Gasteiger partial charge in [0.25, 0.3) is 0 Å². The molecule has 0 unspecified atom stereocenters. The largest absolute Gasteiger partial charge is 0.489 e. The molecule has 0 saturated carbocycles. The lowest BCUT2D eigenvalue weighted by Gasteiger charge is -2.07. The second kappa shape index (κ2) is 7.29. The molecular weight excluding hydrogens is 264 g/mol. The van der Waals surface area contributed by atoms with E-state index in [1.165, 1.54) is 11.1 Å². The molecule has 108 valence electrons. The summed E-state index contributed by atoms with van der Waals surface area (Å²) in [5, 5.41) is 8.63. The van der Waals surface area contributed by atoms with Crippen molar-refractivity contribution in [1.82, 2.24) is 0 Å². The number of rotatable bonds is 6. The van der Waals surface area contributed by atoms with Crippen molar-refractivity contribution in [3.05, 3.63) is 77.4 Å². The maximum atomic E-state index is 10.5. The summed E-state index contributed by atoms with van der Waals surface area (Å²) in [6, 6.07) is 18.1. The fraction of sp³-hybridized carbons (Fsp3) is 0.167. The summed E-state index contributed by atoms with van der Waals surface area (Å²) < 4.78 is 5.54. The van der Waals surface area contributed by atoms with Gasteiger partial charge < -0.3 is 9.84 Å². The fourth-order valence-corrected chi connectivity index (χ4v) is 1.98. The van der Waals surface area contributed by atoms with E-state index in [0.29, 0.717) is 5.57 Å². The standard InChI is InChI=1S/C18H18O3/c1-14(11-18(19)20)13-21-17-9-7-16(8-10-17)12-15-5-3-2-4-6-15/h2-11H,12-13H2,1H3,(H,19,20). The zero-order valence-electron chi connectivity index (χ0n) is 12.0. The molecule has 0 fully saturated rings. The zero-order chi connectivity index (χ0) is 15.1. The van der Waals surface area contributed by atoms with Gasteiger partial charge in [-0.25, -0.2) is 4.79 Å². The molecule has 0 heterocycles. The third-order valence-electron chi connectivity index (χ3n) is 3.01. The van der Waals surface area contributed by atoms with Gasteiger partial charge in [0.1, 0.15) is 12.4 Å². The van der Waals surface area contributed by atoms with Gasteiger partial charge in [-0.1, -0.05) is 42.5 Å². The molecule has 0 aromatic heterocycles. The summed E-state index contributed by atoms with van der Waals surface area (Å²) in [7, 11) is 0. The minimum absolute atomic E-state index is 0.282. The van der Waals surface area contributed by atoms with Crippen LogP contribution in [0.3, 0.4) is 0 Å². The van der Waals surface area contributed by atoms with Crippen LogP contribution in [0, 0.1) is 0 Å². The lowest BCUT2D eigenvalue weighted by molar-refractivity contribution is -0.131. The van der Waals surface area contributed by atoms with Crippen molar-refractivity contribution in [1.29, 1.82) is 0 Å². The Morgan fingerprint density at radius 3 is 2.29 bits per heavy atom. The Labute approximate surface area is 124 Å². The van der Waals surface area contributed by atoms with E-state index in [4.69, 9.17) is 9.84 Å². The molecular formula is C18H18O3. The van der Waals surface area contributed by atoms with Crippen LogP contribution in [-0.2, 0) is 11.2 Å². The Hall–Kier alpha value is -2.55. The summed E-state index contributed by atoms with van der Waals surface area (Å²) in [5.41, 5.74) is 3.16. The van der Waals surface area contributed by atoms with E-state index in [1.54, 1.807) is 6.92 Å². The van der Waals surface area contributed by atoms with Crippen LogP contribution in [0.25, 0.3) is 0 Å². The third kappa shape index (κ3) is 5.15. The van der Waals surface area contributed by atoms with Gasteiger partial charge in [-0.05, 0) is 42.2 Å². The third-order valence-corrected chi connectivity index (χ3v) is 3.01. The molecule has 0 saturated heterocycles. The number of ether oxygens (including phenoxy) is 1. The Bertz CT molecular complexity index is 613. The molecule has 0 aliphatic carbocycles. The van der Waals surface area contributed by atoms with Crippen molar-refractivity contribution in [2.24, 2.45) is 0 Å². The minimum Gasteiger partial charge on any atom is -0.489 e. The van der Waals surface area contributed by atoms with Gasteiger partial charge in [0.05, 0.1) is 0 Å². The molecule has 0 atom stereocenters. The van der Waals surface area contributed by atoms with Crippen LogP contribution in [0.5, 0.6) is 5.75 Å². The molecule has 3 nitrogen and oxygen atoms in total. The van der Waals surface area contributed by atoms with Gasteiger partial charge in [0.15, 0.2) is 0 Å². The van der Waals surface area contributed by atoms with Crippen molar-refractivity contribution in [3.8, 4) is 5.75 Å². The highest BCUT2D eigenvalue weighted by Gasteiger charge is 1.99. The monoisotopic (exact) mass is 282 g/mol. The molecule has 0 aliphatic heterocycles. The molecule has 0 radical (unpaired) electrons. The molecule has 2 aromatic rings. The highest BCUT2D eigenvalue weighted by atomic mass is 16.5. The number of carboxylic acids is 1. The molecule has 21 heavy (non-hydrogen) atoms. The van der Waals surface area contributed by atoms with E-state index in [1.807, 2.05) is 42.5 Å². The Morgan fingerprint density at radius 2 is 1.67 bits per heavy atom. The van der Waals surface area contributed by atoms with E-state index in [0.717, 1.165) is 18.2 Å². The smallest absolute Gasteiger partial charge is 0.328 e. The first-order valence-corrected chi connectivity index (χ1v) is 6.79. The van der Waals surface area contributed by atoms with Gasteiger partial charge in [-0.2, -0.15) is 0 Å². The number of carboxylic acid groups (broad SMARTS) is 1. The predicted molar refractivity (Wildman–Crippen MR) is 82.6 cm³/mol. The number of benzene rings is 2. The predicted octanol–water partition coefficient (Wildman–Crippen LogP) is 3.69. The van der Waals surface area contributed by atoms with E-state index >= 15 is 0 Å². The number of hydrogen-bond acceptors (Lipinski definition) is 2. The van der Waals surface area contributed by atoms with Gasteiger partial charge >= 0.3 is 5.97 Å². The number of carbonyl (C=O) groups is 1. The lowest BCUT2D eigenvalue weighted by atomic mass is 10.1. The molecule has 1 N–H and O–H groups in total. The second-order valence-corrected chi connectivity index (χ2v) is 4.92. The van der Waals surface area contributed by atoms with E-state index in [9.17, 15) is 4.79 Å². The van der Waals surface area contributed by atoms with Crippen molar-refractivity contribution >= 4 is 5.97 Å². The van der Waals surface area contributed by atoms with E-state index in [2.05, 4.69) is 12.1 Å². The molecule has 2 rings (SSSR count). The summed E-state index contributed by atoms with van der Waals surface area (Å²) in [5.74, 6) is -0.209. The van der Waals surface area contributed by atoms with Crippen LogP contribution < -0.4 is 4.74 Å². The fourth-order valence-electron chi connectivity index (χ4n) is 1.98. The Balaban J connectivity index is 1.92. The summed E-state index contributed by atoms with van der Waals surface area (Å²) in [6.45, 7) is 2.02. The summed E-state index contributed by atoms with van der Waals surface area (Å²) in [4.78, 5) is 10.5. The quantitative estimate of drug-likeness (QED) is 0.822. The Morgan fingerprint density at radius 1 is 1.05 bits per heavy atom. The van der Waals surface area contributed by atoms with Crippen LogP contribution in [0.4, 0.5) is 0 Å². The zero-order valence-corrected chi connectivity index (χ0v) is 12.0. The number of aliphatic carboxylic acids is 1. The van der Waals surface area contributed by atoms with E-state index < -0.39 is 5.97 Å². The lowest BCUT2D eigenvalue weighted by Crippen LogP contribution is -2.01. The summed E-state index contributed by atoms with van der Waals surface area (Å²) in [6.07, 6.45) is 2.04. The van der Waals surface area contributed by atoms with Gasteiger partial charge in [0.2, 0.25) is 0 Å². The molecule has 0 aliphatic rings. The van der Waals surface area contributed by atoms with Crippen molar-refractivity contribution < 1.29 is 14.6 Å². The topological polar surface area (TPSA) is 46.5 Å². The first kappa shape index (κ1) is 14.9. The van der Waals surface area contributed by atoms with Gasteiger partial charge in [-0.3, -0.25) is 0 Å². The van der Waals surface area contributed by atoms with Gasteiger partial charge in [0, 0.05) is 6.08 Å². The van der Waals surface area contributed by atoms with Crippen LogP contribution in [0.1, 0.15) is 18.1 Å². The van der Waals surface area contributed by atoms with Gasteiger partial charge in [-0.15, -0.1) is 0 Å². The van der Waals surface area contributed by atoms with Crippen LogP contribution >= 0.6 is 0 Å². The normalized spacial score (nSPS) is 11.2. The molecule has 2 aromatic carbocycles.